The van der Waals surface area contributed by atoms with Crippen LogP contribution in [0.25, 0.3) is 10.9 Å². The second-order valence-corrected chi connectivity index (χ2v) is 10.8. The van der Waals surface area contributed by atoms with Crippen molar-refractivity contribution in [3.05, 3.63) is 71.9 Å². The van der Waals surface area contributed by atoms with Gasteiger partial charge in [0.25, 0.3) is 0 Å². The molecule has 2 aromatic carbocycles. The summed E-state index contributed by atoms with van der Waals surface area (Å²) in [6.45, 7) is 4.00. The van der Waals surface area contributed by atoms with Crippen LogP contribution in [0.1, 0.15) is 44.2 Å². The third-order valence-electron chi connectivity index (χ3n) is 7.96. The van der Waals surface area contributed by atoms with Gasteiger partial charge in [0, 0.05) is 30.1 Å². The first-order valence-electron chi connectivity index (χ1n) is 14.2. The van der Waals surface area contributed by atoms with E-state index in [1.807, 2.05) is 67.7 Å². The summed E-state index contributed by atoms with van der Waals surface area (Å²) in [4.78, 5) is 56.9. The number of aromatic nitrogens is 1. The fourth-order valence-electron chi connectivity index (χ4n) is 5.40. The van der Waals surface area contributed by atoms with Crippen LogP contribution in [0.4, 0.5) is 0 Å². The molecule has 3 amide bonds. The lowest BCUT2D eigenvalue weighted by Gasteiger charge is -2.29. The number of nitrogens with two attached hydrogens (primary N) is 1. The molecule has 6 N–H and O–H groups in total. The Bertz CT molecular complexity index is 1370. The molecule has 10 heteroatoms. The second-order valence-electron chi connectivity index (χ2n) is 10.8. The van der Waals surface area contributed by atoms with Gasteiger partial charge < -0.3 is 31.4 Å². The molecule has 3 aromatic rings. The Morgan fingerprint density at radius 3 is 2.46 bits per heavy atom. The van der Waals surface area contributed by atoms with Crippen LogP contribution < -0.4 is 16.4 Å². The smallest absolute Gasteiger partial charge is 0.326 e. The summed E-state index contributed by atoms with van der Waals surface area (Å²) in [5.41, 5.74) is 9.06. The van der Waals surface area contributed by atoms with Crippen molar-refractivity contribution in [3.63, 3.8) is 0 Å². The molecule has 2 heterocycles. The molecule has 1 aliphatic heterocycles. The summed E-state index contributed by atoms with van der Waals surface area (Å²) < 4.78 is 0. The van der Waals surface area contributed by atoms with E-state index in [1.54, 1.807) is 6.92 Å². The number of aromatic amines is 1. The van der Waals surface area contributed by atoms with E-state index in [1.165, 1.54) is 4.90 Å². The number of hydrogen-bond donors (Lipinski definition) is 5. The number of carbonyl (C=O) groups excluding carboxylic acids is 3. The molecule has 10 nitrogen and oxygen atoms in total. The van der Waals surface area contributed by atoms with Gasteiger partial charge in [0.05, 0.1) is 6.04 Å². The number of hydrogen-bond acceptors (Lipinski definition) is 5. The number of aliphatic carboxylic acids is 1. The lowest BCUT2D eigenvalue weighted by molar-refractivity contribution is -0.144. The summed E-state index contributed by atoms with van der Waals surface area (Å²) >= 11 is 0. The number of rotatable bonds is 12. The highest BCUT2D eigenvalue weighted by Gasteiger charge is 2.38. The fourth-order valence-corrected chi connectivity index (χ4v) is 5.40. The normalized spacial score (nSPS) is 17.9. The lowest BCUT2D eigenvalue weighted by Crippen LogP contribution is -2.58. The van der Waals surface area contributed by atoms with E-state index in [0.29, 0.717) is 32.2 Å². The molecule has 41 heavy (non-hydrogen) atoms. The maximum absolute atomic E-state index is 13.5. The zero-order valence-electron chi connectivity index (χ0n) is 23.5. The number of para-hydroxylation sites is 1. The predicted octanol–water partition coefficient (Wildman–Crippen LogP) is 2.37. The summed E-state index contributed by atoms with van der Waals surface area (Å²) in [5.74, 6) is -2.79. The first-order valence-corrected chi connectivity index (χ1v) is 14.2. The van der Waals surface area contributed by atoms with Crippen molar-refractivity contribution in [2.75, 3.05) is 6.54 Å². The number of nitrogens with one attached hydrogen (secondary N) is 3. The Morgan fingerprint density at radius 1 is 1.05 bits per heavy atom. The predicted molar refractivity (Wildman–Crippen MR) is 156 cm³/mol. The first-order chi connectivity index (χ1) is 19.7. The number of carbonyl (C=O) groups is 4. The average Bonchev–Trinajstić information content (AvgIpc) is 3.63. The van der Waals surface area contributed by atoms with Crippen LogP contribution in [0.3, 0.4) is 0 Å². The first kappa shape index (κ1) is 29.8. The van der Waals surface area contributed by atoms with Crippen LogP contribution in [0.15, 0.2) is 60.8 Å². The molecule has 4 rings (SSSR count). The fraction of sp³-hybridized carbons (Fsp3) is 0.419. The third-order valence-corrected chi connectivity index (χ3v) is 7.96. The van der Waals surface area contributed by atoms with Crippen molar-refractivity contribution < 1.29 is 24.3 Å². The molecule has 0 saturated carbocycles. The Hall–Kier alpha value is -4.18. The van der Waals surface area contributed by atoms with Gasteiger partial charge in [-0.25, -0.2) is 4.79 Å². The number of benzene rings is 2. The van der Waals surface area contributed by atoms with Crippen LogP contribution in [0, 0.1) is 5.92 Å². The van der Waals surface area contributed by atoms with Crippen molar-refractivity contribution in [1.82, 2.24) is 20.5 Å². The molecule has 218 valence electrons. The second kappa shape index (κ2) is 13.5. The molecule has 0 radical (unpaired) electrons. The zero-order valence-corrected chi connectivity index (χ0v) is 23.5. The number of likely N-dealkylation sites (tertiary alicyclic amines) is 1. The van der Waals surface area contributed by atoms with Crippen LogP contribution >= 0.6 is 0 Å². The van der Waals surface area contributed by atoms with E-state index in [0.717, 1.165) is 22.0 Å². The standard InChI is InChI=1S/C31H39N5O5/c1-3-19(2)27(31(40)41)35-28(37)25(16-20-10-5-4-6-11-20)34-29(38)26-14-9-15-36(26)30(39)23(32)17-21-18-33-24-13-8-7-12-22(21)24/h4-8,10-13,18-19,23,25-27,33H,3,9,14-17,32H2,1-2H3,(H,34,38)(H,35,37)(H,40,41). The quantitative estimate of drug-likeness (QED) is 0.228. The van der Waals surface area contributed by atoms with Crippen LogP contribution in [-0.4, -0.2) is 69.4 Å². The summed E-state index contributed by atoms with van der Waals surface area (Å²) in [5, 5.41) is 16.1. The third kappa shape index (κ3) is 7.13. The molecule has 5 unspecified atom stereocenters. The van der Waals surface area contributed by atoms with Crippen molar-refractivity contribution >= 4 is 34.6 Å². The van der Waals surface area contributed by atoms with Crippen molar-refractivity contribution in [1.29, 1.82) is 0 Å². The molecule has 1 aliphatic rings. The van der Waals surface area contributed by atoms with Crippen LogP contribution in [0.5, 0.6) is 0 Å². The highest BCUT2D eigenvalue weighted by Crippen LogP contribution is 2.22. The number of H-pyrrole nitrogens is 1. The van der Waals surface area contributed by atoms with E-state index in [-0.39, 0.29) is 18.2 Å². The Kier molecular flexibility index (Phi) is 9.78. The van der Waals surface area contributed by atoms with Gasteiger partial charge in [-0.1, -0.05) is 68.8 Å². The van der Waals surface area contributed by atoms with E-state index in [2.05, 4.69) is 15.6 Å². The van der Waals surface area contributed by atoms with E-state index >= 15 is 0 Å². The maximum atomic E-state index is 13.5. The van der Waals surface area contributed by atoms with Crippen molar-refractivity contribution in [2.24, 2.45) is 11.7 Å². The topological polar surface area (TPSA) is 158 Å². The minimum Gasteiger partial charge on any atom is -0.480 e. The molecule has 0 bridgehead atoms. The highest BCUT2D eigenvalue weighted by molar-refractivity contribution is 5.95. The van der Waals surface area contributed by atoms with E-state index in [4.69, 9.17) is 5.73 Å². The monoisotopic (exact) mass is 561 g/mol. The minimum atomic E-state index is -1.13. The highest BCUT2D eigenvalue weighted by atomic mass is 16.4. The lowest BCUT2D eigenvalue weighted by atomic mass is 9.98. The van der Waals surface area contributed by atoms with Gasteiger partial charge in [0.2, 0.25) is 17.7 Å². The molecule has 1 aromatic heterocycles. The van der Waals surface area contributed by atoms with Gasteiger partial charge in [0.1, 0.15) is 18.1 Å². The molecular weight excluding hydrogens is 522 g/mol. The van der Waals surface area contributed by atoms with Crippen molar-refractivity contribution in [3.8, 4) is 0 Å². The number of fused-ring (bicyclic) bond motifs is 1. The SMILES string of the molecule is CCC(C)C(NC(=O)C(Cc1ccccc1)NC(=O)C1CCCN1C(=O)C(N)Cc1c[nH]c2ccccc12)C(=O)O. The van der Waals surface area contributed by atoms with Gasteiger partial charge in [-0.15, -0.1) is 0 Å². The number of amides is 3. The molecule has 1 fully saturated rings. The van der Waals surface area contributed by atoms with Gasteiger partial charge in [0.15, 0.2) is 0 Å². The molecule has 0 spiro atoms. The molecule has 1 saturated heterocycles. The minimum absolute atomic E-state index is 0.173. The molecular formula is C31H39N5O5. The van der Waals surface area contributed by atoms with Crippen LogP contribution in [-0.2, 0) is 32.0 Å². The van der Waals surface area contributed by atoms with E-state index in [9.17, 15) is 24.3 Å². The van der Waals surface area contributed by atoms with Gasteiger partial charge in [-0.05, 0) is 42.4 Å². The summed E-state index contributed by atoms with van der Waals surface area (Å²) in [6, 6.07) is 13.3. The van der Waals surface area contributed by atoms with Gasteiger partial charge in [-0.2, -0.15) is 0 Å². The summed E-state index contributed by atoms with van der Waals surface area (Å²) in [7, 11) is 0. The Morgan fingerprint density at radius 2 is 1.76 bits per heavy atom. The molecule has 5 atom stereocenters. The number of carboxylic acids is 1. The van der Waals surface area contributed by atoms with Gasteiger partial charge in [-0.3, -0.25) is 14.4 Å². The largest absolute Gasteiger partial charge is 0.480 e. The summed E-state index contributed by atoms with van der Waals surface area (Å²) in [6.07, 6.45) is 3.98. The number of nitrogens with zero attached hydrogens (tertiary/aromatic N) is 1. The average molecular weight is 562 g/mol. The number of carboxylic acid groups (broad SMARTS) is 1. The van der Waals surface area contributed by atoms with E-state index < -0.39 is 42.0 Å². The maximum Gasteiger partial charge on any atom is 0.326 e. The molecule has 0 aliphatic carbocycles. The van der Waals surface area contributed by atoms with Crippen molar-refractivity contribution in [2.45, 2.75) is 70.1 Å². The van der Waals surface area contributed by atoms with Gasteiger partial charge >= 0.3 is 5.97 Å². The Balaban J connectivity index is 1.47. The van der Waals surface area contributed by atoms with Crippen LogP contribution in [0.2, 0.25) is 0 Å². The Labute approximate surface area is 239 Å². The zero-order chi connectivity index (χ0) is 29.5.